The molecule has 0 spiro atoms. The first-order valence-corrected chi connectivity index (χ1v) is 9.07. The summed E-state index contributed by atoms with van der Waals surface area (Å²) in [5, 5.41) is 6.67. The highest BCUT2D eigenvalue weighted by Gasteiger charge is 2.04. The monoisotopic (exact) mass is 483 g/mol. The van der Waals surface area contributed by atoms with Crippen LogP contribution in [0.25, 0.3) is 0 Å². The lowest BCUT2D eigenvalue weighted by molar-refractivity contribution is 0.134. The molecule has 0 aromatic heterocycles. The highest BCUT2D eigenvalue weighted by molar-refractivity contribution is 14.0. The molecule has 0 saturated carbocycles. The molecule has 5 nitrogen and oxygen atoms in total. The fourth-order valence-electron chi connectivity index (χ4n) is 2.50. The maximum atomic E-state index is 5.66. The van der Waals surface area contributed by atoms with Gasteiger partial charge in [0.2, 0.25) is 0 Å². The molecule has 0 aliphatic rings. The van der Waals surface area contributed by atoms with E-state index in [-0.39, 0.29) is 24.0 Å². The van der Waals surface area contributed by atoms with Crippen molar-refractivity contribution in [3.8, 4) is 5.75 Å². The summed E-state index contributed by atoms with van der Waals surface area (Å²) >= 11 is 0. The first-order valence-electron chi connectivity index (χ1n) is 9.07. The van der Waals surface area contributed by atoms with Crippen LogP contribution in [0, 0.1) is 0 Å². The van der Waals surface area contributed by atoms with E-state index in [0.717, 1.165) is 23.9 Å². The van der Waals surface area contributed by atoms with Crippen molar-refractivity contribution in [2.24, 2.45) is 4.99 Å². The van der Waals surface area contributed by atoms with E-state index in [9.17, 15) is 0 Å². The highest BCUT2D eigenvalue weighted by atomic mass is 127. The summed E-state index contributed by atoms with van der Waals surface area (Å²) in [5.41, 5.74) is 3.49. The number of para-hydroxylation sites is 1. The molecule has 0 amide bonds. The van der Waals surface area contributed by atoms with Crippen molar-refractivity contribution in [1.29, 1.82) is 0 Å². The average Bonchev–Trinajstić information content (AvgIpc) is 2.68. The second-order valence-corrected chi connectivity index (χ2v) is 5.77. The molecule has 0 radical (unpaired) electrons. The van der Waals surface area contributed by atoms with Crippen LogP contribution in [0.2, 0.25) is 0 Å². The fourth-order valence-corrected chi connectivity index (χ4v) is 2.50. The number of halogens is 1. The molecule has 148 valence electrons. The summed E-state index contributed by atoms with van der Waals surface area (Å²) < 4.78 is 11.1. The lowest BCUT2D eigenvalue weighted by atomic mass is 10.1. The number of hydrogen-bond acceptors (Lipinski definition) is 3. The van der Waals surface area contributed by atoms with E-state index < -0.39 is 0 Å². The van der Waals surface area contributed by atoms with Crippen LogP contribution in [0.4, 0.5) is 0 Å². The van der Waals surface area contributed by atoms with Crippen molar-refractivity contribution in [2.45, 2.75) is 33.5 Å². The molecular formula is C21H30IN3O2. The standard InChI is InChI=1S/C21H29N3O2.HI/c1-4-25-16-18-12-10-17(11-13-18)14-23-21(22-3)24-15-19-8-6-7-9-20(19)26-5-2;/h6-13H,4-5,14-16H2,1-3H3,(H2,22,23,24);1H. The quantitative estimate of drug-likeness (QED) is 0.321. The molecule has 0 saturated heterocycles. The number of rotatable bonds is 9. The van der Waals surface area contributed by atoms with Crippen molar-refractivity contribution >= 4 is 29.9 Å². The zero-order valence-corrected chi connectivity index (χ0v) is 18.7. The predicted octanol–water partition coefficient (Wildman–Crippen LogP) is 4.11. The molecule has 0 fully saturated rings. The van der Waals surface area contributed by atoms with Crippen LogP contribution in [-0.4, -0.2) is 26.2 Å². The minimum atomic E-state index is 0. The van der Waals surface area contributed by atoms with E-state index in [2.05, 4.69) is 46.0 Å². The molecule has 0 aliphatic carbocycles. The number of ether oxygens (including phenoxy) is 2. The van der Waals surface area contributed by atoms with Gasteiger partial charge in [0.15, 0.2) is 5.96 Å². The van der Waals surface area contributed by atoms with Crippen molar-refractivity contribution in [3.05, 3.63) is 65.2 Å². The largest absolute Gasteiger partial charge is 0.494 e. The van der Waals surface area contributed by atoms with E-state index in [4.69, 9.17) is 9.47 Å². The maximum Gasteiger partial charge on any atom is 0.191 e. The Labute approximate surface area is 179 Å². The van der Waals surface area contributed by atoms with Gasteiger partial charge in [-0.25, -0.2) is 0 Å². The fraction of sp³-hybridized carbons (Fsp3) is 0.381. The summed E-state index contributed by atoms with van der Waals surface area (Å²) in [6, 6.07) is 16.5. The Kier molecular flexibility index (Phi) is 11.5. The van der Waals surface area contributed by atoms with Gasteiger partial charge in [0.25, 0.3) is 0 Å². The van der Waals surface area contributed by atoms with Crippen LogP contribution in [0.3, 0.4) is 0 Å². The van der Waals surface area contributed by atoms with Gasteiger partial charge in [-0.3, -0.25) is 4.99 Å². The zero-order chi connectivity index (χ0) is 18.6. The third kappa shape index (κ3) is 8.17. The molecule has 2 aromatic rings. The van der Waals surface area contributed by atoms with Gasteiger partial charge in [0.05, 0.1) is 13.2 Å². The minimum Gasteiger partial charge on any atom is -0.494 e. The molecule has 0 aliphatic heterocycles. The second kappa shape index (κ2) is 13.4. The van der Waals surface area contributed by atoms with Crippen molar-refractivity contribution in [3.63, 3.8) is 0 Å². The number of nitrogens with one attached hydrogen (secondary N) is 2. The molecule has 2 aromatic carbocycles. The first-order chi connectivity index (χ1) is 12.8. The van der Waals surface area contributed by atoms with Gasteiger partial charge in [0, 0.05) is 32.3 Å². The van der Waals surface area contributed by atoms with Gasteiger partial charge in [-0.2, -0.15) is 0 Å². The Morgan fingerprint density at radius 2 is 1.56 bits per heavy atom. The number of aliphatic imine (C=N–C) groups is 1. The van der Waals surface area contributed by atoms with Crippen LogP contribution in [0.1, 0.15) is 30.5 Å². The van der Waals surface area contributed by atoms with Gasteiger partial charge < -0.3 is 20.1 Å². The summed E-state index contributed by atoms with van der Waals surface area (Å²) in [6.07, 6.45) is 0. The third-order valence-electron chi connectivity index (χ3n) is 3.90. The highest BCUT2D eigenvalue weighted by Crippen LogP contribution is 2.17. The van der Waals surface area contributed by atoms with Gasteiger partial charge in [-0.05, 0) is 31.0 Å². The molecular weight excluding hydrogens is 453 g/mol. The van der Waals surface area contributed by atoms with Gasteiger partial charge in [0.1, 0.15) is 5.75 Å². The van der Waals surface area contributed by atoms with Crippen LogP contribution < -0.4 is 15.4 Å². The average molecular weight is 483 g/mol. The van der Waals surface area contributed by atoms with Crippen LogP contribution in [-0.2, 0) is 24.4 Å². The summed E-state index contributed by atoms with van der Waals surface area (Å²) in [6.45, 7) is 7.41. The Bertz CT molecular complexity index is 690. The molecule has 0 atom stereocenters. The Balaban J connectivity index is 0.00000364. The van der Waals surface area contributed by atoms with Crippen molar-refractivity contribution in [2.75, 3.05) is 20.3 Å². The van der Waals surface area contributed by atoms with Crippen molar-refractivity contribution < 1.29 is 9.47 Å². The number of hydrogen-bond donors (Lipinski definition) is 2. The maximum absolute atomic E-state index is 5.66. The van der Waals surface area contributed by atoms with E-state index in [0.29, 0.717) is 26.3 Å². The molecule has 2 rings (SSSR count). The molecule has 6 heteroatoms. The molecule has 0 unspecified atom stereocenters. The van der Waals surface area contributed by atoms with E-state index in [1.807, 2.05) is 32.0 Å². The lowest BCUT2D eigenvalue weighted by Gasteiger charge is -2.14. The van der Waals surface area contributed by atoms with Crippen LogP contribution >= 0.6 is 24.0 Å². The van der Waals surface area contributed by atoms with Crippen LogP contribution in [0.15, 0.2) is 53.5 Å². The molecule has 2 N–H and O–H groups in total. The zero-order valence-electron chi connectivity index (χ0n) is 16.3. The Morgan fingerprint density at radius 3 is 2.22 bits per heavy atom. The van der Waals surface area contributed by atoms with Gasteiger partial charge in [-0.15, -0.1) is 24.0 Å². The van der Waals surface area contributed by atoms with Gasteiger partial charge in [-0.1, -0.05) is 42.5 Å². The normalized spacial score (nSPS) is 10.9. The Hall–Kier alpha value is -1.80. The van der Waals surface area contributed by atoms with Crippen LogP contribution in [0.5, 0.6) is 5.75 Å². The summed E-state index contributed by atoms with van der Waals surface area (Å²) in [5.74, 6) is 1.66. The predicted molar refractivity (Wildman–Crippen MR) is 122 cm³/mol. The first kappa shape index (κ1) is 23.2. The molecule has 0 bridgehead atoms. The van der Waals surface area contributed by atoms with E-state index in [1.165, 1.54) is 11.1 Å². The van der Waals surface area contributed by atoms with Crippen molar-refractivity contribution in [1.82, 2.24) is 10.6 Å². The third-order valence-corrected chi connectivity index (χ3v) is 3.90. The van der Waals surface area contributed by atoms with Gasteiger partial charge >= 0.3 is 0 Å². The summed E-state index contributed by atoms with van der Waals surface area (Å²) in [7, 11) is 1.77. The van der Waals surface area contributed by atoms with E-state index in [1.54, 1.807) is 7.05 Å². The second-order valence-electron chi connectivity index (χ2n) is 5.77. The summed E-state index contributed by atoms with van der Waals surface area (Å²) in [4.78, 5) is 4.29. The smallest absolute Gasteiger partial charge is 0.191 e. The molecule has 27 heavy (non-hydrogen) atoms. The number of guanidine groups is 1. The number of benzene rings is 2. The number of nitrogens with zero attached hydrogens (tertiary/aromatic N) is 1. The topological polar surface area (TPSA) is 54.9 Å². The lowest BCUT2D eigenvalue weighted by Crippen LogP contribution is -2.36. The minimum absolute atomic E-state index is 0. The SMILES string of the molecule is CCOCc1ccc(CNC(=NC)NCc2ccccc2OCC)cc1.I. The van der Waals surface area contributed by atoms with E-state index >= 15 is 0 Å². The Morgan fingerprint density at radius 1 is 0.889 bits per heavy atom. The molecule has 0 heterocycles.